The van der Waals surface area contributed by atoms with Gasteiger partial charge in [0, 0.05) is 16.8 Å². The van der Waals surface area contributed by atoms with Crippen molar-refractivity contribution in [2.45, 2.75) is 13.5 Å². The molecule has 1 aromatic heterocycles. The Morgan fingerprint density at radius 2 is 1.85 bits per heavy atom. The molecule has 1 heterocycles. The highest BCUT2D eigenvalue weighted by Crippen LogP contribution is 2.12. The fraction of sp³-hybridized carbons (Fsp3) is 0.0952. The average Bonchev–Trinajstić information content (AvgIpc) is 2.66. The summed E-state index contributed by atoms with van der Waals surface area (Å²) in [6, 6.07) is 18.2. The smallest absolute Gasteiger partial charge is 0.276 e. The van der Waals surface area contributed by atoms with Gasteiger partial charge in [-0.25, -0.2) is 5.43 Å². The first-order valence-corrected chi connectivity index (χ1v) is 8.75. The summed E-state index contributed by atoms with van der Waals surface area (Å²) in [5, 5.41) is 4.41. The van der Waals surface area contributed by atoms with Crippen LogP contribution in [0.5, 0.6) is 0 Å². The van der Waals surface area contributed by atoms with Gasteiger partial charge in [0.1, 0.15) is 5.56 Å². The SMILES string of the molecule is Cc1ccc(Cn2cccc(C(=O)N/N=C\c3ccccc3Cl)c2=O)cc1. The van der Waals surface area contributed by atoms with E-state index in [-0.39, 0.29) is 11.1 Å². The van der Waals surface area contributed by atoms with E-state index in [1.165, 1.54) is 16.8 Å². The Kier molecular flexibility index (Phi) is 5.84. The molecular formula is C21H18ClN3O2. The molecule has 0 bridgehead atoms. The van der Waals surface area contributed by atoms with Crippen molar-refractivity contribution in [1.29, 1.82) is 0 Å². The quantitative estimate of drug-likeness (QED) is 0.543. The van der Waals surface area contributed by atoms with E-state index in [9.17, 15) is 9.59 Å². The molecule has 0 spiro atoms. The molecule has 136 valence electrons. The van der Waals surface area contributed by atoms with Crippen molar-refractivity contribution >= 4 is 23.7 Å². The minimum Gasteiger partial charge on any atom is -0.310 e. The van der Waals surface area contributed by atoms with E-state index in [4.69, 9.17) is 11.6 Å². The number of hydrazone groups is 1. The van der Waals surface area contributed by atoms with Gasteiger partial charge in [0.2, 0.25) is 0 Å². The molecule has 0 aliphatic heterocycles. The van der Waals surface area contributed by atoms with Gasteiger partial charge in [-0.1, -0.05) is 59.6 Å². The summed E-state index contributed by atoms with van der Waals surface area (Å²) in [5.74, 6) is -0.568. The van der Waals surface area contributed by atoms with Crippen LogP contribution < -0.4 is 11.0 Å². The molecule has 1 N–H and O–H groups in total. The Labute approximate surface area is 161 Å². The minimum absolute atomic E-state index is 0.0286. The summed E-state index contributed by atoms with van der Waals surface area (Å²) in [6.07, 6.45) is 3.10. The van der Waals surface area contributed by atoms with Crippen LogP contribution in [-0.2, 0) is 6.54 Å². The van der Waals surface area contributed by atoms with E-state index in [1.807, 2.05) is 37.3 Å². The molecule has 27 heavy (non-hydrogen) atoms. The fourth-order valence-electron chi connectivity index (χ4n) is 2.52. The number of halogens is 1. The summed E-state index contributed by atoms with van der Waals surface area (Å²) in [5.41, 5.74) is 4.83. The zero-order valence-corrected chi connectivity index (χ0v) is 15.5. The fourth-order valence-corrected chi connectivity index (χ4v) is 2.71. The predicted molar refractivity (Wildman–Crippen MR) is 107 cm³/mol. The summed E-state index contributed by atoms with van der Waals surface area (Å²) in [4.78, 5) is 24.9. The zero-order chi connectivity index (χ0) is 19.2. The highest BCUT2D eigenvalue weighted by Gasteiger charge is 2.11. The van der Waals surface area contributed by atoms with E-state index < -0.39 is 5.91 Å². The molecule has 0 saturated carbocycles. The largest absolute Gasteiger partial charge is 0.310 e. The Morgan fingerprint density at radius 3 is 2.59 bits per heavy atom. The molecule has 0 saturated heterocycles. The lowest BCUT2D eigenvalue weighted by Gasteiger charge is -2.08. The predicted octanol–water partition coefficient (Wildman–Crippen LogP) is 3.62. The van der Waals surface area contributed by atoms with Crippen LogP contribution in [0.15, 0.2) is 76.8 Å². The maximum Gasteiger partial charge on any atom is 0.276 e. The van der Waals surface area contributed by atoms with E-state index in [0.717, 1.165) is 11.1 Å². The number of carbonyl (C=O) groups is 1. The lowest BCUT2D eigenvalue weighted by molar-refractivity contribution is 0.0953. The third kappa shape index (κ3) is 4.71. The molecule has 5 nitrogen and oxygen atoms in total. The van der Waals surface area contributed by atoms with Gasteiger partial charge in [0.15, 0.2) is 0 Å². The van der Waals surface area contributed by atoms with Gasteiger partial charge < -0.3 is 4.57 Å². The van der Waals surface area contributed by atoms with Gasteiger partial charge in [0.25, 0.3) is 11.5 Å². The number of pyridine rings is 1. The number of hydrogen-bond donors (Lipinski definition) is 1. The summed E-state index contributed by atoms with van der Waals surface area (Å²) >= 11 is 6.03. The molecule has 0 fully saturated rings. The molecule has 0 unspecified atom stereocenters. The van der Waals surface area contributed by atoms with Gasteiger partial charge in [-0.15, -0.1) is 0 Å². The summed E-state index contributed by atoms with van der Waals surface area (Å²) in [7, 11) is 0. The molecule has 2 aromatic carbocycles. The van der Waals surface area contributed by atoms with Gasteiger partial charge >= 0.3 is 0 Å². The highest BCUT2D eigenvalue weighted by atomic mass is 35.5. The number of rotatable bonds is 5. The van der Waals surface area contributed by atoms with Crippen LogP contribution >= 0.6 is 11.6 Å². The summed E-state index contributed by atoms with van der Waals surface area (Å²) in [6.45, 7) is 2.40. The molecule has 6 heteroatoms. The van der Waals surface area contributed by atoms with Crippen LogP contribution in [0.2, 0.25) is 5.02 Å². The molecule has 0 atom stereocenters. The monoisotopic (exact) mass is 379 g/mol. The second-order valence-corrected chi connectivity index (χ2v) is 6.47. The topological polar surface area (TPSA) is 63.5 Å². The second-order valence-electron chi connectivity index (χ2n) is 6.06. The number of hydrogen-bond acceptors (Lipinski definition) is 3. The molecule has 0 radical (unpaired) electrons. The average molecular weight is 380 g/mol. The van der Waals surface area contributed by atoms with Crippen LogP contribution in [0.1, 0.15) is 27.0 Å². The van der Waals surface area contributed by atoms with Crippen molar-refractivity contribution in [3.05, 3.63) is 104 Å². The minimum atomic E-state index is -0.568. The first-order valence-electron chi connectivity index (χ1n) is 8.37. The van der Waals surface area contributed by atoms with Crippen LogP contribution in [0.3, 0.4) is 0 Å². The van der Waals surface area contributed by atoms with Crippen molar-refractivity contribution < 1.29 is 4.79 Å². The molecule has 0 aliphatic carbocycles. The number of amides is 1. The number of nitrogens with zero attached hydrogens (tertiary/aromatic N) is 2. The number of aryl methyl sites for hydroxylation is 1. The first-order chi connectivity index (χ1) is 13.0. The van der Waals surface area contributed by atoms with Gasteiger partial charge in [-0.3, -0.25) is 9.59 Å². The Hall–Kier alpha value is -3.18. The Balaban J connectivity index is 1.74. The molecule has 1 amide bonds. The van der Waals surface area contributed by atoms with E-state index in [1.54, 1.807) is 30.5 Å². The maximum absolute atomic E-state index is 12.6. The maximum atomic E-state index is 12.6. The molecule has 0 aliphatic rings. The van der Waals surface area contributed by atoms with Crippen LogP contribution in [-0.4, -0.2) is 16.7 Å². The number of nitrogens with one attached hydrogen (secondary N) is 1. The highest BCUT2D eigenvalue weighted by molar-refractivity contribution is 6.33. The van der Waals surface area contributed by atoms with Crippen molar-refractivity contribution in [3.8, 4) is 0 Å². The van der Waals surface area contributed by atoms with Crippen molar-refractivity contribution in [2.75, 3.05) is 0 Å². The van der Waals surface area contributed by atoms with Crippen LogP contribution in [0, 0.1) is 6.92 Å². The van der Waals surface area contributed by atoms with Crippen molar-refractivity contribution in [3.63, 3.8) is 0 Å². The normalized spacial score (nSPS) is 10.9. The number of carbonyl (C=O) groups excluding carboxylic acids is 1. The first kappa shape index (κ1) is 18.6. The van der Waals surface area contributed by atoms with Gasteiger partial charge in [-0.05, 0) is 30.7 Å². The Morgan fingerprint density at radius 1 is 1.11 bits per heavy atom. The van der Waals surface area contributed by atoms with E-state index in [0.29, 0.717) is 17.1 Å². The Bertz CT molecular complexity index is 1040. The van der Waals surface area contributed by atoms with Crippen LogP contribution in [0.25, 0.3) is 0 Å². The number of benzene rings is 2. The van der Waals surface area contributed by atoms with Crippen molar-refractivity contribution in [2.24, 2.45) is 5.10 Å². The zero-order valence-electron chi connectivity index (χ0n) is 14.7. The second kappa shape index (κ2) is 8.47. The van der Waals surface area contributed by atoms with Crippen molar-refractivity contribution in [1.82, 2.24) is 9.99 Å². The van der Waals surface area contributed by atoms with E-state index >= 15 is 0 Å². The number of aromatic nitrogens is 1. The lowest BCUT2D eigenvalue weighted by atomic mass is 10.1. The summed E-state index contributed by atoms with van der Waals surface area (Å²) < 4.78 is 1.50. The van der Waals surface area contributed by atoms with E-state index in [2.05, 4.69) is 10.5 Å². The third-order valence-electron chi connectivity index (χ3n) is 4.01. The molecular weight excluding hydrogens is 362 g/mol. The molecule has 3 rings (SSSR count). The third-order valence-corrected chi connectivity index (χ3v) is 4.36. The van der Waals surface area contributed by atoms with Gasteiger partial charge in [0.05, 0.1) is 12.8 Å². The lowest BCUT2D eigenvalue weighted by Crippen LogP contribution is -2.30. The molecule has 3 aromatic rings. The van der Waals surface area contributed by atoms with Crippen LogP contribution in [0.4, 0.5) is 0 Å². The van der Waals surface area contributed by atoms with Gasteiger partial charge in [-0.2, -0.15) is 5.10 Å². The standard InChI is InChI=1S/C21H18ClN3O2/c1-15-8-10-16(11-9-15)14-25-12-4-6-18(21(25)27)20(26)24-23-13-17-5-2-3-7-19(17)22/h2-13H,14H2,1H3,(H,24,26)/b23-13-.